The topological polar surface area (TPSA) is 145 Å². The Kier molecular flexibility index (Phi) is 7.67. The van der Waals surface area contributed by atoms with E-state index in [1.54, 1.807) is 43.3 Å². The standard InChI is InChI=1S/C34H33ClN6O5/c1-20(23-8-6-22(35)14-37-23)32(43)31-25(3-2-4-29(31)42)40-12-11-39(27-16-46-17-28(27)40)15-30-38-24-7-5-21(33(44)45)13-26(24)41(30)19-34(18-36)9-10-34/h2-8,13-14,20,27-28,42H,9-12,15-17,19H2,1H3,(H,44,45). The monoisotopic (exact) mass is 640 g/mol. The number of ether oxygens (including phenoxy) is 1. The normalized spacial score (nSPS) is 21.1. The van der Waals surface area contributed by atoms with Crippen LogP contribution in [0.4, 0.5) is 5.69 Å². The fourth-order valence-corrected chi connectivity index (χ4v) is 6.91. The molecule has 2 aliphatic heterocycles. The first kappa shape index (κ1) is 30.2. The van der Waals surface area contributed by atoms with Crippen LogP contribution in [0.2, 0.25) is 5.02 Å². The van der Waals surface area contributed by atoms with Crippen molar-refractivity contribution in [2.24, 2.45) is 5.41 Å². The Morgan fingerprint density at radius 2 is 1.96 bits per heavy atom. The largest absolute Gasteiger partial charge is 0.507 e. The molecular weight excluding hydrogens is 608 g/mol. The molecule has 1 aliphatic carbocycles. The van der Waals surface area contributed by atoms with Gasteiger partial charge in [0.05, 0.1) is 87.8 Å². The van der Waals surface area contributed by atoms with Crippen molar-refractivity contribution in [3.05, 3.63) is 82.4 Å². The maximum Gasteiger partial charge on any atom is 0.335 e. The first-order valence-electron chi connectivity index (χ1n) is 15.4. The van der Waals surface area contributed by atoms with Crippen LogP contribution in [0.3, 0.4) is 0 Å². The molecule has 46 heavy (non-hydrogen) atoms. The van der Waals surface area contributed by atoms with Crippen LogP contribution >= 0.6 is 11.6 Å². The third kappa shape index (κ3) is 5.36. The minimum absolute atomic E-state index is 0.0249. The first-order valence-corrected chi connectivity index (χ1v) is 15.8. The van der Waals surface area contributed by atoms with Crippen LogP contribution in [-0.2, 0) is 17.8 Å². The molecule has 0 bridgehead atoms. The third-order valence-corrected chi connectivity index (χ3v) is 9.88. The smallest absolute Gasteiger partial charge is 0.335 e. The Bertz CT molecular complexity index is 1880. The number of piperazine rings is 1. The average Bonchev–Trinajstić information content (AvgIpc) is 3.51. The Hall–Kier alpha value is -4.50. The molecule has 2 N–H and O–H groups in total. The Morgan fingerprint density at radius 3 is 2.67 bits per heavy atom. The number of rotatable bonds is 9. The van der Waals surface area contributed by atoms with E-state index < -0.39 is 17.3 Å². The van der Waals surface area contributed by atoms with Gasteiger partial charge in [0.2, 0.25) is 0 Å². The van der Waals surface area contributed by atoms with Gasteiger partial charge in [0.1, 0.15) is 11.6 Å². The summed E-state index contributed by atoms with van der Waals surface area (Å²) in [5.74, 6) is -1.15. The fourth-order valence-electron chi connectivity index (χ4n) is 6.80. The van der Waals surface area contributed by atoms with Gasteiger partial charge < -0.3 is 24.4 Å². The number of nitriles is 1. The average molecular weight is 641 g/mol. The number of fused-ring (bicyclic) bond motifs is 2. The summed E-state index contributed by atoms with van der Waals surface area (Å²) in [6.07, 6.45) is 3.11. The number of ketones is 1. The van der Waals surface area contributed by atoms with Crippen LogP contribution in [0.15, 0.2) is 54.7 Å². The lowest BCUT2D eigenvalue weighted by atomic mass is 9.92. The molecule has 2 aromatic carbocycles. The molecule has 0 radical (unpaired) electrons. The predicted octanol–water partition coefficient (Wildman–Crippen LogP) is 4.87. The van der Waals surface area contributed by atoms with Crippen molar-refractivity contribution >= 4 is 40.1 Å². The predicted molar refractivity (Wildman–Crippen MR) is 170 cm³/mol. The van der Waals surface area contributed by atoms with Crippen molar-refractivity contribution in [2.75, 3.05) is 31.2 Å². The molecule has 4 heterocycles. The molecule has 3 fully saturated rings. The number of imidazole rings is 1. The number of nitrogens with zero attached hydrogens (tertiary/aromatic N) is 6. The summed E-state index contributed by atoms with van der Waals surface area (Å²) in [6, 6.07) is 15.9. The number of anilines is 1. The van der Waals surface area contributed by atoms with E-state index in [9.17, 15) is 25.1 Å². The molecule has 2 aromatic heterocycles. The lowest BCUT2D eigenvalue weighted by Crippen LogP contribution is -2.59. The van der Waals surface area contributed by atoms with Crippen molar-refractivity contribution in [3.8, 4) is 11.8 Å². The molecule has 3 aliphatic rings. The second-order valence-electron chi connectivity index (χ2n) is 12.5. The third-order valence-electron chi connectivity index (χ3n) is 9.65. The molecule has 0 spiro atoms. The number of carbonyl (C=O) groups excluding carboxylic acids is 1. The van der Waals surface area contributed by atoms with Gasteiger partial charge in [-0.1, -0.05) is 17.7 Å². The highest BCUT2D eigenvalue weighted by atomic mass is 35.5. The lowest BCUT2D eigenvalue weighted by molar-refractivity contribution is 0.0696. The summed E-state index contributed by atoms with van der Waals surface area (Å²) in [5, 5.41) is 31.0. The molecule has 1 saturated carbocycles. The number of aromatic carboxylic acids is 1. The molecule has 12 heteroatoms. The zero-order valence-corrected chi connectivity index (χ0v) is 26.0. The number of pyridine rings is 1. The molecule has 3 unspecified atom stereocenters. The molecule has 11 nitrogen and oxygen atoms in total. The van der Waals surface area contributed by atoms with Gasteiger partial charge in [0.15, 0.2) is 5.78 Å². The molecule has 2 saturated heterocycles. The first-order chi connectivity index (χ1) is 22.2. The highest BCUT2D eigenvalue weighted by molar-refractivity contribution is 6.30. The van der Waals surface area contributed by atoms with Crippen LogP contribution in [0.5, 0.6) is 5.75 Å². The number of carboxylic acid groups (broad SMARTS) is 1. The summed E-state index contributed by atoms with van der Waals surface area (Å²) >= 11 is 6.01. The quantitative estimate of drug-likeness (QED) is 0.243. The van der Waals surface area contributed by atoms with E-state index in [0.29, 0.717) is 66.8 Å². The van der Waals surface area contributed by atoms with Crippen molar-refractivity contribution in [1.29, 1.82) is 5.26 Å². The minimum atomic E-state index is -1.01. The maximum absolute atomic E-state index is 13.9. The molecule has 0 amide bonds. The van der Waals surface area contributed by atoms with Crippen molar-refractivity contribution in [1.82, 2.24) is 19.4 Å². The van der Waals surface area contributed by atoms with Crippen molar-refractivity contribution in [2.45, 2.75) is 50.9 Å². The summed E-state index contributed by atoms with van der Waals surface area (Å²) in [7, 11) is 0. The van der Waals surface area contributed by atoms with Gasteiger partial charge in [-0.2, -0.15) is 5.26 Å². The summed E-state index contributed by atoms with van der Waals surface area (Å²) < 4.78 is 8.04. The molecule has 236 valence electrons. The van der Waals surface area contributed by atoms with E-state index in [1.807, 2.05) is 10.6 Å². The number of phenolic OH excluding ortho intramolecular Hbond substituents is 1. The van der Waals surface area contributed by atoms with Crippen LogP contribution in [-0.4, -0.2) is 79.8 Å². The van der Waals surface area contributed by atoms with Gasteiger partial charge >= 0.3 is 5.97 Å². The van der Waals surface area contributed by atoms with Gasteiger partial charge in [-0.25, -0.2) is 9.78 Å². The number of phenols is 1. The lowest BCUT2D eigenvalue weighted by Gasteiger charge is -2.45. The molecule has 7 rings (SSSR count). The minimum Gasteiger partial charge on any atom is -0.507 e. The van der Waals surface area contributed by atoms with E-state index >= 15 is 0 Å². The van der Waals surface area contributed by atoms with E-state index in [2.05, 4.69) is 20.9 Å². The van der Waals surface area contributed by atoms with Gasteiger partial charge in [0, 0.05) is 25.8 Å². The highest BCUT2D eigenvalue weighted by Crippen LogP contribution is 2.47. The van der Waals surface area contributed by atoms with Gasteiger partial charge in [-0.3, -0.25) is 14.7 Å². The van der Waals surface area contributed by atoms with Gasteiger partial charge in [-0.15, -0.1) is 0 Å². The van der Waals surface area contributed by atoms with Crippen LogP contribution in [0, 0.1) is 16.7 Å². The summed E-state index contributed by atoms with van der Waals surface area (Å²) in [5.41, 5.74) is 2.60. The van der Waals surface area contributed by atoms with Crippen LogP contribution in [0.1, 0.15) is 57.9 Å². The number of halogens is 1. The van der Waals surface area contributed by atoms with Gasteiger partial charge in [0.25, 0.3) is 0 Å². The number of carbonyl (C=O) groups is 2. The number of Topliss-reactive ketones (excluding diaryl/α,β-unsaturated/α-hetero) is 1. The number of aromatic nitrogens is 3. The summed E-state index contributed by atoms with van der Waals surface area (Å²) in [6.45, 7) is 4.87. The number of benzene rings is 2. The van der Waals surface area contributed by atoms with Crippen molar-refractivity contribution in [3.63, 3.8) is 0 Å². The Balaban J connectivity index is 1.18. The summed E-state index contributed by atoms with van der Waals surface area (Å²) in [4.78, 5) is 39.4. The second kappa shape index (κ2) is 11.7. The molecule has 4 aromatic rings. The fraction of sp³-hybridized carbons (Fsp3) is 0.382. The van der Waals surface area contributed by atoms with E-state index in [1.165, 1.54) is 12.3 Å². The van der Waals surface area contributed by atoms with E-state index in [-0.39, 0.29) is 34.7 Å². The zero-order valence-electron chi connectivity index (χ0n) is 25.3. The Labute approximate surface area is 270 Å². The maximum atomic E-state index is 13.9. The molecule has 3 atom stereocenters. The number of hydrogen-bond acceptors (Lipinski definition) is 9. The second-order valence-corrected chi connectivity index (χ2v) is 12.9. The highest BCUT2D eigenvalue weighted by Gasteiger charge is 2.45. The number of aromatic hydroxyl groups is 1. The number of carboxylic acids is 1. The van der Waals surface area contributed by atoms with Crippen LogP contribution < -0.4 is 4.90 Å². The molecular formula is C34H33ClN6O5. The van der Waals surface area contributed by atoms with E-state index in [4.69, 9.17) is 21.3 Å². The number of hydrogen-bond donors (Lipinski definition) is 2. The van der Waals surface area contributed by atoms with Crippen LogP contribution in [0.25, 0.3) is 11.0 Å². The Morgan fingerprint density at radius 1 is 1.15 bits per heavy atom. The zero-order chi connectivity index (χ0) is 32.2. The van der Waals surface area contributed by atoms with E-state index in [0.717, 1.165) is 18.7 Å². The SMILES string of the molecule is CC(C(=O)c1c(O)cccc1N1CCN(Cc2nc3ccc(C(=O)O)cc3n2CC2(C#N)CC2)C2COCC21)c1ccc(Cl)cn1. The van der Waals surface area contributed by atoms with Crippen molar-refractivity contribution < 1.29 is 24.5 Å². The van der Waals surface area contributed by atoms with Gasteiger partial charge in [-0.05, 0) is 62.2 Å².